The molecule has 0 radical (unpaired) electrons. The van der Waals surface area contributed by atoms with Crippen LogP contribution in [0.4, 0.5) is 10.3 Å². The minimum Gasteiger partial charge on any atom is -0.481 e. The standard InChI is InChI=1S/C14H15FN4O2/c1-8-7-11(21-2)18-14(17-8)19-12(13(16)20)9-3-5-10(15)6-4-9/h3-7,12H,1-2H3,(H2,16,20)(H,17,18,19). The van der Waals surface area contributed by atoms with E-state index < -0.39 is 17.8 Å². The molecular weight excluding hydrogens is 275 g/mol. The van der Waals surface area contributed by atoms with Gasteiger partial charge in [0.1, 0.15) is 11.9 Å². The number of ether oxygens (including phenoxy) is 1. The van der Waals surface area contributed by atoms with Crippen LogP contribution >= 0.6 is 0 Å². The molecule has 0 saturated carbocycles. The number of aromatic nitrogens is 2. The van der Waals surface area contributed by atoms with Gasteiger partial charge in [-0.15, -0.1) is 0 Å². The van der Waals surface area contributed by atoms with Crippen LogP contribution in [0, 0.1) is 12.7 Å². The predicted octanol–water partition coefficient (Wildman–Crippen LogP) is 1.57. The number of methoxy groups -OCH3 is 1. The Morgan fingerprint density at radius 1 is 1.33 bits per heavy atom. The van der Waals surface area contributed by atoms with E-state index >= 15 is 0 Å². The number of anilines is 1. The van der Waals surface area contributed by atoms with E-state index in [4.69, 9.17) is 10.5 Å². The van der Waals surface area contributed by atoms with Gasteiger partial charge in [0.15, 0.2) is 0 Å². The first kappa shape index (κ1) is 14.7. The number of rotatable bonds is 5. The molecule has 21 heavy (non-hydrogen) atoms. The largest absolute Gasteiger partial charge is 0.481 e. The van der Waals surface area contributed by atoms with E-state index in [-0.39, 0.29) is 5.95 Å². The molecule has 2 rings (SSSR count). The second-order valence-corrected chi connectivity index (χ2v) is 4.41. The van der Waals surface area contributed by atoms with Crippen molar-refractivity contribution in [1.82, 2.24) is 9.97 Å². The third-order valence-corrected chi connectivity index (χ3v) is 2.80. The molecule has 0 aliphatic carbocycles. The highest BCUT2D eigenvalue weighted by Gasteiger charge is 2.19. The number of benzene rings is 1. The van der Waals surface area contributed by atoms with E-state index in [0.29, 0.717) is 17.1 Å². The van der Waals surface area contributed by atoms with Crippen LogP contribution in [0.25, 0.3) is 0 Å². The number of carbonyl (C=O) groups is 1. The lowest BCUT2D eigenvalue weighted by atomic mass is 10.1. The summed E-state index contributed by atoms with van der Waals surface area (Å²) in [5, 5.41) is 2.83. The lowest BCUT2D eigenvalue weighted by molar-refractivity contribution is -0.118. The molecule has 7 heteroatoms. The van der Waals surface area contributed by atoms with Crippen molar-refractivity contribution in [2.75, 3.05) is 12.4 Å². The van der Waals surface area contributed by atoms with E-state index in [2.05, 4.69) is 15.3 Å². The van der Waals surface area contributed by atoms with Crippen molar-refractivity contribution in [3.63, 3.8) is 0 Å². The van der Waals surface area contributed by atoms with Crippen LogP contribution in [-0.4, -0.2) is 23.0 Å². The van der Waals surface area contributed by atoms with Gasteiger partial charge in [-0.25, -0.2) is 9.37 Å². The lowest BCUT2D eigenvalue weighted by Crippen LogP contribution is -2.28. The summed E-state index contributed by atoms with van der Waals surface area (Å²) in [6, 6.07) is 6.25. The Balaban J connectivity index is 2.30. The molecule has 110 valence electrons. The first-order valence-electron chi connectivity index (χ1n) is 6.20. The van der Waals surface area contributed by atoms with Crippen LogP contribution in [0.15, 0.2) is 30.3 Å². The Labute approximate surface area is 121 Å². The van der Waals surface area contributed by atoms with Crippen LogP contribution in [0.1, 0.15) is 17.3 Å². The highest BCUT2D eigenvalue weighted by Crippen LogP contribution is 2.19. The van der Waals surface area contributed by atoms with E-state index in [9.17, 15) is 9.18 Å². The molecule has 0 aliphatic heterocycles. The molecule has 1 aromatic heterocycles. The minimum absolute atomic E-state index is 0.208. The number of halogens is 1. The zero-order valence-corrected chi connectivity index (χ0v) is 11.6. The Kier molecular flexibility index (Phi) is 4.32. The van der Waals surface area contributed by atoms with Crippen LogP contribution in [0.5, 0.6) is 5.88 Å². The Morgan fingerprint density at radius 2 is 2.00 bits per heavy atom. The first-order chi connectivity index (χ1) is 9.99. The summed E-state index contributed by atoms with van der Waals surface area (Å²) in [7, 11) is 1.48. The zero-order chi connectivity index (χ0) is 15.4. The fourth-order valence-electron chi connectivity index (χ4n) is 1.81. The van der Waals surface area contributed by atoms with Crippen LogP contribution < -0.4 is 15.8 Å². The number of hydrogen-bond donors (Lipinski definition) is 2. The van der Waals surface area contributed by atoms with E-state index in [1.165, 1.54) is 31.4 Å². The summed E-state index contributed by atoms with van der Waals surface area (Å²) in [5.41, 5.74) is 6.58. The molecule has 6 nitrogen and oxygen atoms in total. The average Bonchev–Trinajstić information content (AvgIpc) is 2.45. The Bertz CT molecular complexity index is 646. The van der Waals surface area contributed by atoms with Crippen LogP contribution in [-0.2, 0) is 4.79 Å². The van der Waals surface area contributed by atoms with Gasteiger partial charge in [-0.05, 0) is 24.6 Å². The molecular formula is C14H15FN4O2. The molecule has 0 bridgehead atoms. The van der Waals surface area contributed by atoms with Crippen molar-refractivity contribution in [2.45, 2.75) is 13.0 Å². The molecule has 3 N–H and O–H groups in total. The summed E-state index contributed by atoms with van der Waals surface area (Å²) in [5.74, 6) is -0.437. The van der Waals surface area contributed by atoms with E-state index in [1.54, 1.807) is 13.0 Å². The molecule has 0 fully saturated rings. The zero-order valence-electron chi connectivity index (χ0n) is 11.6. The van der Waals surface area contributed by atoms with Crippen molar-refractivity contribution >= 4 is 11.9 Å². The maximum Gasteiger partial charge on any atom is 0.244 e. The maximum absolute atomic E-state index is 13.0. The molecule has 1 amide bonds. The van der Waals surface area contributed by atoms with Gasteiger partial charge in [-0.1, -0.05) is 12.1 Å². The fraction of sp³-hybridized carbons (Fsp3) is 0.214. The van der Waals surface area contributed by atoms with Crippen LogP contribution in [0.2, 0.25) is 0 Å². The third-order valence-electron chi connectivity index (χ3n) is 2.80. The Hall–Kier alpha value is -2.70. The summed E-state index contributed by atoms with van der Waals surface area (Å²) in [6.07, 6.45) is 0. The van der Waals surface area contributed by atoms with Gasteiger partial charge in [-0.2, -0.15) is 4.98 Å². The summed E-state index contributed by atoms with van der Waals surface area (Å²) in [4.78, 5) is 19.9. The summed E-state index contributed by atoms with van der Waals surface area (Å²) in [6.45, 7) is 1.77. The molecule has 0 saturated heterocycles. The monoisotopic (exact) mass is 290 g/mol. The van der Waals surface area contributed by atoms with Gasteiger partial charge in [0.2, 0.25) is 17.7 Å². The molecule has 1 unspecified atom stereocenters. The third kappa shape index (κ3) is 3.65. The van der Waals surface area contributed by atoms with Gasteiger partial charge < -0.3 is 15.8 Å². The number of carbonyl (C=O) groups excluding carboxylic acids is 1. The second kappa shape index (κ2) is 6.17. The quantitative estimate of drug-likeness (QED) is 0.872. The molecule has 1 aromatic carbocycles. The lowest BCUT2D eigenvalue weighted by Gasteiger charge is -2.16. The van der Waals surface area contributed by atoms with Gasteiger partial charge in [0, 0.05) is 11.8 Å². The number of nitrogens with two attached hydrogens (primary N) is 1. The predicted molar refractivity (Wildman–Crippen MR) is 75.3 cm³/mol. The van der Waals surface area contributed by atoms with Gasteiger partial charge in [0.25, 0.3) is 0 Å². The number of amides is 1. The second-order valence-electron chi connectivity index (χ2n) is 4.41. The molecule has 1 atom stereocenters. The number of nitrogens with zero attached hydrogens (tertiary/aromatic N) is 2. The van der Waals surface area contributed by atoms with Crippen LogP contribution in [0.3, 0.4) is 0 Å². The van der Waals surface area contributed by atoms with E-state index in [1.807, 2.05) is 0 Å². The smallest absolute Gasteiger partial charge is 0.244 e. The SMILES string of the molecule is COc1cc(C)nc(NC(C(N)=O)c2ccc(F)cc2)n1. The fourth-order valence-corrected chi connectivity index (χ4v) is 1.81. The number of aryl methyl sites for hydroxylation is 1. The van der Waals surface area contributed by atoms with Crippen molar-refractivity contribution < 1.29 is 13.9 Å². The first-order valence-corrected chi connectivity index (χ1v) is 6.20. The average molecular weight is 290 g/mol. The molecule has 1 heterocycles. The number of nitrogens with one attached hydrogen (secondary N) is 1. The van der Waals surface area contributed by atoms with Gasteiger partial charge in [-0.3, -0.25) is 4.79 Å². The summed E-state index contributed by atoms with van der Waals surface area (Å²) < 4.78 is 18.0. The van der Waals surface area contributed by atoms with Crippen molar-refractivity contribution in [3.05, 3.63) is 47.4 Å². The van der Waals surface area contributed by atoms with Crippen molar-refractivity contribution in [1.29, 1.82) is 0 Å². The summed E-state index contributed by atoms with van der Waals surface area (Å²) >= 11 is 0. The number of primary amides is 1. The maximum atomic E-state index is 13.0. The minimum atomic E-state index is -0.864. The molecule has 2 aromatic rings. The molecule has 0 aliphatic rings. The van der Waals surface area contributed by atoms with Crippen molar-refractivity contribution in [3.8, 4) is 5.88 Å². The highest BCUT2D eigenvalue weighted by atomic mass is 19.1. The molecule has 0 spiro atoms. The Morgan fingerprint density at radius 3 is 2.57 bits per heavy atom. The number of hydrogen-bond acceptors (Lipinski definition) is 5. The van der Waals surface area contributed by atoms with E-state index in [0.717, 1.165) is 0 Å². The van der Waals surface area contributed by atoms with Crippen molar-refractivity contribution in [2.24, 2.45) is 5.73 Å². The normalized spacial score (nSPS) is 11.8. The van der Waals surface area contributed by atoms with Gasteiger partial charge in [0.05, 0.1) is 7.11 Å². The topological polar surface area (TPSA) is 90.1 Å². The van der Waals surface area contributed by atoms with Gasteiger partial charge >= 0.3 is 0 Å². The highest BCUT2D eigenvalue weighted by molar-refractivity contribution is 5.84.